The lowest BCUT2D eigenvalue weighted by Gasteiger charge is -2.03. The molecule has 4 nitrogen and oxygen atoms in total. The minimum Gasteiger partial charge on any atom is -0.479 e. The minimum absolute atomic E-state index is 0.650. The quantitative estimate of drug-likeness (QED) is 0.666. The standard InChI is InChI=1S/C8H9N3O/c1-2-12-8-5-3-4-7-10-9-6-11(7)8/h3-6H,2H2,1H3. The number of ether oxygens (including phenoxy) is 1. The molecule has 62 valence electrons. The lowest BCUT2D eigenvalue weighted by Crippen LogP contribution is -1.97. The highest BCUT2D eigenvalue weighted by atomic mass is 16.5. The molecule has 0 aliphatic heterocycles. The summed E-state index contributed by atoms with van der Waals surface area (Å²) in [5.41, 5.74) is 0.806. The van der Waals surface area contributed by atoms with Crippen LogP contribution in [-0.4, -0.2) is 21.2 Å². The van der Waals surface area contributed by atoms with Gasteiger partial charge in [-0.25, -0.2) is 0 Å². The molecule has 2 aromatic heterocycles. The SMILES string of the molecule is CCOc1cccc2nncn12. The van der Waals surface area contributed by atoms with E-state index in [0.29, 0.717) is 6.61 Å². The van der Waals surface area contributed by atoms with Crippen LogP contribution >= 0.6 is 0 Å². The molecule has 0 aromatic carbocycles. The van der Waals surface area contributed by atoms with Gasteiger partial charge in [0.05, 0.1) is 6.61 Å². The summed E-state index contributed by atoms with van der Waals surface area (Å²) < 4.78 is 7.17. The molecule has 0 saturated carbocycles. The molecule has 0 fully saturated rings. The van der Waals surface area contributed by atoms with E-state index in [0.717, 1.165) is 11.5 Å². The Labute approximate surface area is 69.8 Å². The van der Waals surface area contributed by atoms with Gasteiger partial charge in [-0.05, 0) is 19.1 Å². The van der Waals surface area contributed by atoms with Crippen LogP contribution in [0.2, 0.25) is 0 Å². The zero-order valence-corrected chi connectivity index (χ0v) is 6.77. The number of fused-ring (bicyclic) bond motifs is 1. The molecule has 0 spiro atoms. The number of hydrogen-bond acceptors (Lipinski definition) is 3. The Morgan fingerprint density at radius 2 is 2.42 bits per heavy atom. The highest BCUT2D eigenvalue weighted by Crippen LogP contribution is 2.11. The monoisotopic (exact) mass is 163 g/mol. The summed E-state index contributed by atoms with van der Waals surface area (Å²) in [6, 6.07) is 5.67. The summed E-state index contributed by atoms with van der Waals surface area (Å²) in [6.07, 6.45) is 1.64. The van der Waals surface area contributed by atoms with Crippen molar-refractivity contribution in [1.82, 2.24) is 14.6 Å². The summed E-state index contributed by atoms with van der Waals surface area (Å²) in [5.74, 6) is 0.778. The molecule has 0 unspecified atom stereocenters. The first-order chi connectivity index (χ1) is 5.92. The fraction of sp³-hybridized carbons (Fsp3) is 0.250. The second kappa shape index (κ2) is 2.81. The Bertz CT molecular complexity index is 382. The highest BCUT2D eigenvalue weighted by molar-refractivity contribution is 5.39. The molecule has 4 heteroatoms. The second-order valence-electron chi connectivity index (χ2n) is 2.36. The topological polar surface area (TPSA) is 39.4 Å². The van der Waals surface area contributed by atoms with Crippen LogP contribution in [-0.2, 0) is 0 Å². The average molecular weight is 163 g/mol. The molecule has 0 bridgehead atoms. The normalized spacial score (nSPS) is 10.4. The first-order valence-electron chi connectivity index (χ1n) is 3.83. The van der Waals surface area contributed by atoms with Gasteiger partial charge in [0.25, 0.3) is 0 Å². The Kier molecular flexibility index (Phi) is 1.66. The lowest BCUT2D eigenvalue weighted by atomic mass is 10.4. The summed E-state index contributed by atoms with van der Waals surface area (Å²) in [5, 5.41) is 7.67. The predicted octanol–water partition coefficient (Wildman–Crippen LogP) is 1.13. The van der Waals surface area contributed by atoms with Gasteiger partial charge in [0, 0.05) is 0 Å². The van der Waals surface area contributed by atoms with Gasteiger partial charge in [0.15, 0.2) is 5.65 Å². The average Bonchev–Trinajstić information content (AvgIpc) is 2.53. The van der Waals surface area contributed by atoms with Crippen LogP contribution < -0.4 is 4.74 Å². The summed E-state index contributed by atoms with van der Waals surface area (Å²) >= 11 is 0. The molecule has 2 heterocycles. The van der Waals surface area contributed by atoms with Crippen LogP contribution in [0, 0.1) is 0 Å². The van der Waals surface area contributed by atoms with Gasteiger partial charge >= 0.3 is 0 Å². The zero-order valence-electron chi connectivity index (χ0n) is 6.77. The third-order valence-corrected chi connectivity index (χ3v) is 1.59. The number of pyridine rings is 1. The third kappa shape index (κ3) is 1.01. The Morgan fingerprint density at radius 3 is 3.25 bits per heavy atom. The number of nitrogens with zero attached hydrogens (tertiary/aromatic N) is 3. The van der Waals surface area contributed by atoms with E-state index < -0.39 is 0 Å². The first kappa shape index (κ1) is 7.09. The van der Waals surface area contributed by atoms with Crippen LogP contribution in [0.1, 0.15) is 6.92 Å². The van der Waals surface area contributed by atoms with E-state index in [2.05, 4.69) is 10.2 Å². The van der Waals surface area contributed by atoms with Crippen molar-refractivity contribution in [3.8, 4) is 5.88 Å². The molecule has 0 N–H and O–H groups in total. The maximum Gasteiger partial charge on any atom is 0.200 e. The molecule has 0 saturated heterocycles. The van der Waals surface area contributed by atoms with Gasteiger partial charge in [-0.3, -0.25) is 4.40 Å². The molecular weight excluding hydrogens is 154 g/mol. The molecule has 0 aliphatic carbocycles. The first-order valence-corrected chi connectivity index (χ1v) is 3.83. The summed E-state index contributed by atoms with van der Waals surface area (Å²) in [4.78, 5) is 0. The van der Waals surface area contributed by atoms with Crippen molar-refractivity contribution >= 4 is 5.65 Å². The molecule has 2 aromatic rings. The van der Waals surface area contributed by atoms with Gasteiger partial charge in [0.1, 0.15) is 6.33 Å². The number of hydrogen-bond donors (Lipinski definition) is 0. The van der Waals surface area contributed by atoms with Crippen molar-refractivity contribution in [2.24, 2.45) is 0 Å². The summed E-state index contributed by atoms with van der Waals surface area (Å²) in [6.45, 7) is 2.60. The van der Waals surface area contributed by atoms with E-state index in [9.17, 15) is 0 Å². The largest absolute Gasteiger partial charge is 0.479 e. The van der Waals surface area contributed by atoms with Crippen LogP contribution in [0.5, 0.6) is 5.88 Å². The summed E-state index contributed by atoms with van der Waals surface area (Å²) in [7, 11) is 0. The van der Waals surface area contributed by atoms with Crippen molar-refractivity contribution in [2.45, 2.75) is 6.92 Å². The van der Waals surface area contributed by atoms with Gasteiger partial charge in [-0.2, -0.15) is 0 Å². The van der Waals surface area contributed by atoms with E-state index in [4.69, 9.17) is 4.74 Å². The molecule has 0 amide bonds. The van der Waals surface area contributed by atoms with Crippen molar-refractivity contribution in [1.29, 1.82) is 0 Å². The molecule has 12 heavy (non-hydrogen) atoms. The van der Waals surface area contributed by atoms with Crippen molar-refractivity contribution in [3.05, 3.63) is 24.5 Å². The molecule has 0 radical (unpaired) electrons. The maximum absolute atomic E-state index is 5.36. The Hall–Kier alpha value is -1.58. The maximum atomic E-state index is 5.36. The van der Waals surface area contributed by atoms with Gasteiger partial charge in [0.2, 0.25) is 5.88 Å². The van der Waals surface area contributed by atoms with Crippen LogP contribution in [0.4, 0.5) is 0 Å². The van der Waals surface area contributed by atoms with E-state index in [-0.39, 0.29) is 0 Å². The highest BCUT2D eigenvalue weighted by Gasteiger charge is 1.99. The lowest BCUT2D eigenvalue weighted by molar-refractivity contribution is 0.322. The van der Waals surface area contributed by atoms with E-state index in [1.165, 1.54) is 0 Å². The van der Waals surface area contributed by atoms with Gasteiger partial charge in [-0.1, -0.05) is 6.07 Å². The van der Waals surface area contributed by atoms with Crippen LogP contribution in [0.3, 0.4) is 0 Å². The van der Waals surface area contributed by atoms with Crippen LogP contribution in [0.25, 0.3) is 5.65 Å². The van der Waals surface area contributed by atoms with Gasteiger partial charge < -0.3 is 4.74 Å². The van der Waals surface area contributed by atoms with Crippen LogP contribution in [0.15, 0.2) is 24.5 Å². The predicted molar refractivity (Wildman–Crippen MR) is 44.2 cm³/mol. The van der Waals surface area contributed by atoms with Crippen molar-refractivity contribution in [3.63, 3.8) is 0 Å². The fourth-order valence-corrected chi connectivity index (χ4v) is 1.09. The second-order valence-corrected chi connectivity index (χ2v) is 2.36. The molecule has 0 aliphatic rings. The van der Waals surface area contributed by atoms with E-state index in [1.807, 2.05) is 29.5 Å². The Morgan fingerprint density at radius 1 is 1.50 bits per heavy atom. The molecule has 2 rings (SSSR count). The Balaban J connectivity index is 2.57. The zero-order chi connectivity index (χ0) is 8.39. The fourth-order valence-electron chi connectivity index (χ4n) is 1.09. The third-order valence-electron chi connectivity index (χ3n) is 1.59. The number of aromatic nitrogens is 3. The smallest absolute Gasteiger partial charge is 0.200 e. The van der Waals surface area contributed by atoms with E-state index in [1.54, 1.807) is 6.33 Å². The molecular formula is C8H9N3O. The number of rotatable bonds is 2. The van der Waals surface area contributed by atoms with Crippen molar-refractivity contribution in [2.75, 3.05) is 6.61 Å². The van der Waals surface area contributed by atoms with Gasteiger partial charge in [-0.15, -0.1) is 10.2 Å². The molecule has 0 atom stereocenters. The van der Waals surface area contributed by atoms with E-state index >= 15 is 0 Å². The van der Waals surface area contributed by atoms with Crippen molar-refractivity contribution < 1.29 is 4.74 Å². The minimum atomic E-state index is 0.650.